The molecule has 8 heteroatoms. The molecular formula is C33H36Br2N2O4. The van der Waals surface area contributed by atoms with Crippen LogP contribution in [0.5, 0.6) is 5.75 Å². The van der Waals surface area contributed by atoms with Gasteiger partial charge >= 0.3 is 0 Å². The summed E-state index contributed by atoms with van der Waals surface area (Å²) in [7, 11) is 0. The van der Waals surface area contributed by atoms with Crippen molar-refractivity contribution >= 4 is 43.7 Å². The van der Waals surface area contributed by atoms with Gasteiger partial charge in [0.15, 0.2) is 11.6 Å². The van der Waals surface area contributed by atoms with Crippen molar-refractivity contribution in [3.63, 3.8) is 0 Å². The molecular weight excluding hydrogens is 648 g/mol. The number of carbonyl (C=O) groups is 1. The van der Waals surface area contributed by atoms with E-state index in [9.17, 15) is 4.79 Å². The number of rotatable bonds is 11. The smallest absolute Gasteiger partial charge is 0.252 e. The number of aliphatic hydroxyl groups is 1. The maximum Gasteiger partial charge on any atom is 0.252 e. The van der Waals surface area contributed by atoms with Crippen LogP contribution in [0.25, 0.3) is 0 Å². The Morgan fingerprint density at radius 3 is 2.44 bits per heavy atom. The van der Waals surface area contributed by atoms with Crippen LogP contribution in [0.3, 0.4) is 0 Å². The van der Waals surface area contributed by atoms with Gasteiger partial charge in [-0.15, -0.1) is 0 Å². The van der Waals surface area contributed by atoms with E-state index in [1.54, 1.807) is 0 Å². The predicted molar refractivity (Wildman–Crippen MR) is 168 cm³/mol. The first-order valence-corrected chi connectivity index (χ1v) is 15.9. The zero-order valence-corrected chi connectivity index (χ0v) is 26.2. The number of ether oxygens (including phenoxy) is 2. The second kappa shape index (κ2) is 14.0. The van der Waals surface area contributed by atoms with E-state index >= 15 is 0 Å². The first kappa shape index (κ1) is 29.8. The molecule has 1 fully saturated rings. The molecule has 0 aromatic heterocycles. The Balaban J connectivity index is 1.53. The molecule has 3 aromatic rings. The van der Waals surface area contributed by atoms with E-state index in [0.29, 0.717) is 43.6 Å². The number of amides is 1. The SMILES string of the molecule is O=C(NCC1CCCCC1)[C@]1(Cc2ccc(Br)cc2)N=C(c2ccc(OCCCO)cc2)O[C@@H]1c1ccccc1Br. The summed E-state index contributed by atoms with van der Waals surface area (Å²) in [5.41, 5.74) is 1.44. The summed E-state index contributed by atoms with van der Waals surface area (Å²) in [6.07, 6.45) is 6.31. The lowest BCUT2D eigenvalue weighted by atomic mass is 9.81. The molecule has 0 radical (unpaired) electrons. The number of benzene rings is 3. The van der Waals surface area contributed by atoms with Crippen LogP contribution in [-0.2, 0) is 16.0 Å². The summed E-state index contributed by atoms with van der Waals surface area (Å²) < 4.78 is 14.2. The third-order valence-corrected chi connectivity index (χ3v) is 9.13. The molecule has 2 aliphatic rings. The molecule has 0 unspecified atom stereocenters. The molecule has 2 atom stereocenters. The highest BCUT2D eigenvalue weighted by Gasteiger charge is 2.53. The summed E-state index contributed by atoms with van der Waals surface area (Å²) in [5.74, 6) is 1.50. The molecule has 1 amide bonds. The Morgan fingerprint density at radius 1 is 1.00 bits per heavy atom. The van der Waals surface area contributed by atoms with Crippen LogP contribution in [-0.4, -0.2) is 42.2 Å². The van der Waals surface area contributed by atoms with Gasteiger partial charge in [-0.05, 0) is 66.8 Å². The van der Waals surface area contributed by atoms with Gasteiger partial charge in [0.1, 0.15) is 5.75 Å². The van der Waals surface area contributed by atoms with E-state index in [4.69, 9.17) is 19.6 Å². The molecule has 1 aliphatic carbocycles. The standard InChI is InChI=1S/C33H36Br2N2O4/c34-26-15-11-23(12-16-26)21-33(32(39)36-22-24-7-2-1-3-8-24)30(28-9-4-5-10-29(28)35)41-31(37-33)25-13-17-27(18-14-25)40-20-6-19-38/h4-5,9-18,24,30,38H,1-3,6-8,19-22H2,(H,36,39)/t30-,33-/m1/s1. The molecule has 5 rings (SSSR count). The minimum Gasteiger partial charge on any atom is -0.494 e. The highest BCUT2D eigenvalue weighted by atomic mass is 79.9. The Kier molecular flexibility index (Phi) is 10.2. The third-order valence-electron chi connectivity index (χ3n) is 7.88. The number of nitrogens with zero attached hydrogens (tertiary/aromatic N) is 1. The second-order valence-corrected chi connectivity index (χ2v) is 12.6. The number of aliphatic imine (C=N–C) groups is 1. The third kappa shape index (κ3) is 7.22. The van der Waals surface area contributed by atoms with Crippen LogP contribution >= 0.6 is 31.9 Å². The second-order valence-electron chi connectivity index (χ2n) is 10.8. The lowest BCUT2D eigenvalue weighted by molar-refractivity contribution is -0.129. The number of aliphatic hydroxyl groups excluding tert-OH is 1. The van der Waals surface area contributed by atoms with Crippen LogP contribution < -0.4 is 10.1 Å². The van der Waals surface area contributed by atoms with Crippen LogP contribution in [0.1, 0.15) is 61.3 Å². The Labute approximate surface area is 258 Å². The summed E-state index contributed by atoms with van der Waals surface area (Å²) in [4.78, 5) is 19.5. The summed E-state index contributed by atoms with van der Waals surface area (Å²) >= 11 is 7.25. The monoisotopic (exact) mass is 682 g/mol. The normalized spacial score (nSPS) is 20.8. The van der Waals surface area contributed by atoms with Crippen molar-refractivity contribution in [3.05, 3.63) is 98.4 Å². The fourth-order valence-electron chi connectivity index (χ4n) is 5.64. The van der Waals surface area contributed by atoms with E-state index in [-0.39, 0.29) is 12.5 Å². The number of hydrogen-bond donors (Lipinski definition) is 2. The van der Waals surface area contributed by atoms with Crippen LogP contribution in [0.4, 0.5) is 0 Å². The Hall–Kier alpha value is -2.68. The van der Waals surface area contributed by atoms with Gasteiger partial charge in [0.25, 0.3) is 5.91 Å². The fraction of sp³-hybridized carbons (Fsp3) is 0.394. The van der Waals surface area contributed by atoms with Gasteiger partial charge in [0.2, 0.25) is 5.90 Å². The number of hydrogen-bond acceptors (Lipinski definition) is 5. The summed E-state index contributed by atoms with van der Waals surface area (Å²) in [5, 5.41) is 12.3. The van der Waals surface area contributed by atoms with E-state index in [2.05, 4.69) is 37.2 Å². The van der Waals surface area contributed by atoms with Gasteiger partial charge < -0.3 is 19.9 Å². The van der Waals surface area contributed by atoms with Crippen molar-refractivity contribution in [2.75, 3.05) is 19.8 Å². The molecule has 0 saturated heterocycles. The largest absolute Gasteiger partial charge is 0.494 e. The molecule has 3 aromatic carbocycles. The Morgan fingerprint density at radius 2 is 1.73 bits per heavy atom. The average molecular weight is 684 g/mol. The van der Waals surface area contributed by atoms with Crippen molar-refractivity contribution in [2.24, 2.45) is 10.9 Å². The molecule has 6 nitrogen and oxygen atoms in total. The fourth-order valence-corrected chi connectivity index (χ4v) is 6.40. The molecule has 0 spiro atoms. The summed E-state index contributed by atoms with van der Waals surface area (Å²) in [6, 6.07) is 23.5. The average Bonchev–Trinajstić information content (AvgIpc) is 3.38. The first-order chi connectivity index (χ1) is 20.0. The molecule has 1 aliphatic heterocycles. The van der Waals surface area contributed by atoms with Crippen molar-refractivity contribution in [1.82, 2.24) is 5.32 Å². The zero-order valence-electron chi connectivity index (χ0n) is 23.0. The number of carbonyl (C=O) groups excluding carboxylic acids is 1. The minimum absolute atomic E-state index is 0.0857. The lowest BCUT2D eigenvalue weighted by Crippen LogP contribution is -2.51. The highest BCUT2D eigenvalue weighted by Crippen LogP contribution is 2.44. The maximum absolute atomic E-state index is 14.4. The van der Waals surface area contributed by atoms with Gasteiger partial charge in [-0.25, -0.2) is 4.99 Å². The van der Waals surface area contributed by atoms with Crippen LogP contribution in [0.15, 0.2) is 86.7 Å². The molecule has 0 bridgehead atoms. The molecule has 41 heavy (non-hydrogen) atoms. The molecule has 216 valence electrons. The van der Waals surface area contributed by atoms with Gasteiger partial charge in [0.05, 0.1) is 6.61 Å². The van der Waals surface area contributed by atoms with Crippen LogP contribution in [0.2, 0.25) is 0 Å². The predicted octanol–water partition coefficient (Wildman–Crippen LogP) is 7.17. The molecule has 1 saturated carbocycles. The van der Waals surface area contributed by atoms with Gasteiger partial charge in [-0.3, -0.25) is 4.79 Å². The number of nitrogens with one attached hydrogen (secondary N) is 1. The van der Waals surface area contributed by atoms with E-state index in [1.807, 2.05) is 72.8 Å². The van der Waals surface area contributed by atoms with Crippen molar-refractivity contribution in [1.29, 1.82) is 0 Å². The van der Waals surface area contributed by atoms with E-state index < -0.39 is 11.6 Å². The van der Waals surface area contributed by atoms with Gasteiger partial charge in [0, 0.05) is 46.1 Å². The van der Waals surface area contributed by atoms with Gasteiger partial charge in [-0.1, -0.05) is 81.5 Å². The molecule has 1 heterocycles. The Bertz CT molecular complexity index is 1340. The first-order valence-electron chi connectivity index (χ1n) is 14.4. The van der Waals surface area contributed by atoms with Crippen LogP contribution in [0, 0.1) is 5.92 Å². The van der Waals surface area contributed by atoms with Crippen molar-refractivity contribution < 1.29 is 19.4 Å². The quantitative estimate of drug-likeness (QED) is 0.210. The number of halogens is 2. The maximum atomic E-state index is 14.4. The lowest BCUT2D eigenvalue weighted by Gasteiger charge is -2.32. The van der Waals surface area contributed by atoms with Gasteiger partial charge in [-0.2, -0.15) is 0 Å². The zero-order chi connectivity index (χ0) is 28.7. The van der Waals surface area contributed by atoms with Crippen molar-refractivity contribution in [2.45, 2.75) is 56.6 Å². The van der Waals surface area contributed by atoms with E-state index in [0.717, 1.165) is 38.5 Å². The summed E-state index contributed by atoms with van der Waals surface area (Å²) in [6.45, 7) is 1.17. The topological polar surface area (TPSA) is 80.2 Å². The van der Waals surface area contributed by atoms with E-state index in [1.165, 1.54) is 19.3 Å². The molecule has 2 N–H and O–H groups in total. The van der Waals surface area contributed by atoms with Crippen molar-refractivity contribution in [3.8, 4) is 5.75 Å². The highest BCUT2D eigenvalue weighted by molar-refractivity contribution is 9.10. The minimum atomic E-state index is -1.21.